The predicted octanol–water partition coefficient (Wildman–Crippen LogP) is 6.28. The molecule has 0 fully saturated rings. The highest BCUT2D eigenvalue weighted by Gasteiger charge is 2.35. The van der Waals surface area contributed by atoms with Crippen molar-refractivity contribution in [1.82, 2.24) is 10.2 Å². The van der Waals surface area contributed by atoms with Crippen LogP contribution in [0.5, 0.6) is 0 Å². The fourth-order valence-corrected chi connectivity index (χ4v) is 6.59. The summed E-state index contributed by atoms with van der Waals surface area (Å²) in [5.74, 6) is -0.778. The second kappa shape index (κ2) is 14.6. The van der Waals surface area contributed by atoms with Crippen LogP contribution in [0.25, 0.3) is 0 Å². The highest BCUT2D eigenvalue weighted by Crippen LogP contribution is 2.27. The Balaban J connectivity index is 1.82. The molecule has 7 nitrogen and oxygen atoms in total. The molecule has 0 spiro atoms. The van der Waals surface area contributed by atoms with E-state index in [1.807, 2.05) is 102 Å². The summed E-state index contributed by atoms with van der Waals surface area (Å²) in [4.78, 5) is 30.0. The van der Waals surface area contributed by atoms with E-state index < -0.39 is 28.5 Å². The van der Waals surface area contributed by atoms with Crippen molar-refractivity contribution in [3.05, 3.63) is 130 Å². The lowest BCUT2D eigenvalue weighted by atomic mass is 10.0. The fourth-order valence-electron chi connectivity index (χ4n) is 5.19. The van der Waals surface area contributed by atoms with Crippen molar-refractivity contribution in [2.75, 3.05) is 10.8 Å². The predicted molar refractivity (Wildman–Crippen MR) is 181 cm³/mol. The number of rotatable bonds is 12. The molecule has 0 saturated heterocycles. The number of carbonyl (C=O) groups is 2. The number of anilines is 1. The Hall–Kier alpha value is -4.43. The van der Waals surface area contributed by atoms with Gasteiger partial charge in [-0.2, -0.15) is 0 Å². The van der Waals surface area contributed by atoms with Crippen molar-refractivity contribution in [2.45, 2.75) is 71.5 Å². The molecule has 0 saturated carbocycles. The van der Waals surface area contributed by atoms with Crippen LogP contribution in [0, 0.1) is 27.7 Å². The molecule has 0 aliphatic rings. The van der Waals surface area contributed by atoms with E-state index in [9.17, 15) is 18.0 Å². The van der Waals surface area contributed by atoms with Crippen molar-refractivity contribution in [2.24, 2.45) is 0 Å². The van der Waals surface area contributed by atoms with Crippen LogP contribution in [0.3, 0.4) is 0 Å². The number of nitrogens with one attached hydrogen (secondary N) is 1. The molecule has 0 aliphatic heterocycles. The van der Waals surface area contributed by atoms with E-state index in [-0.39, 0.29) is 29.8 Å². The Morgan fingerprint density at radius 2 is 1.40 bits per heavy atom. The maximum Gasteiger partial charge on any atom is 0.264 e. The van der Waals surface area contributed by atoms with Gasteiger partial charge in [0.05, 0.1) is 10.6 Å². The van der Waals surface area contributed by atoms with Gasteiger partial charge in [0.2, 0.25) is 11.8 Å². The molecule has 1 atom stereocenters. The molecule has 0 unspecified atom stereocenters. The van der Waals surface area contributed by atoms with Crippen LogP contribution in [0.2, 0.25) is 0 Å². The molecule has 0 aromatic heterocycles. The molecule has 45 heavy (non-hydrogen) atoms. The minimum Gasteiger partial charge on any atom is -0.352 e. The first-order valence-corrected chi connectivity index (χ1v) is 16.6. The monoisotopic (exact) mass is 625 g/mol. The Labute approximate surface area is 268 Å². The van der Waals surface area contributed by atoms with Gasteiger partial charge in [0.25, 0.3) is 10.0 Å². The minimum atomic E-state index is -4.15. The van der Waals surface area contributed by atoms with Gasteiger partial charge < -0.3 is 10.2 Å². The second-order valence-corrected chi connectivity index (χ2v) is 13.8. The molecule has 236 valence electrons. The molecule has 0 bridgehead atoms. The molecule has 2 amide bonds. The SMILES string of the molecule is Cc1ccc(S(=O)(=O)N(CC(=O)N(Cc2cccc(C)c2)[C@H](Cc2ccccc2)C(=O)NC(C)C)c2ccc(C)c(C)c2)cc1. The summed E-state index contributed by atoms with van der Waals surface area (Å²) >= 11 is 0. The molecule has 0 radical (unpaired) electrons. The van der Waals surface area contributed by atoms with Gasteiger partial charge in [-0.3, -0.25) is 13.9 Å². The first kappa shape index (κ1) is 33.5. The average Bonchev–Trinajstić information content (AvgIpc) is 2.99. The lowest BCUT2D eigenvalue weighted by Gasteiger charge is -2.34. The largest absolute Gasteiger partial charge is 0.352 e. The zero-order chi connectivity index (χ0) is 32.7. The van der Waals surface area contributed by atoms with Crippen LogP contribution in [0.15, 0.2) is 102 Å². The molecular formula is C37H43N3O4S. The summed E-state index contributed by atoms with van der Waals surface area (Å²) in [5, 5.41) is 2.99. The normalized spacial score (nSPS) is 12.1. The zero-order valence-corrected chi connectivity index (χ0v) is 27.8. The lowest BCUT2D eigenvalue weighted by Crippen LogP contribution is -2.54. The van der Waals surface area contributed by atoms with Crippen LogP contribution >= 0.6 is 0 Å². The standard InChI is InChI=1S/C37H43N3O4S/c1-26(2)38-37(42)35(23-31-12-8-7-9-13-31)39(24-32-14-10-11-28(4)21-32)36(41)25-40(33-18-17-29(5)30(6)22-33)45(43,44)34-19-15-27(3)16-20-34/h7-22,26,35H,23-25H2,1-6H3,(H,38,42)/t35-/m1/s1. The van der Waals surface area contributed by atoms with Gasteiger partial charge in [0.15, 0.2) is 0 Å². The van der Waals surface area contributed by atoms with E-state index in [0.29, 0.717) is 5.69 Å². The molecule has 4 rings (SSSR count). The number of amides is 2. The van der Waals surface area contributed by atoms with Gasteiger partial charge in [-0.1, -0.05) is 83.9 Å². The zero-order valence-electron chi connectivity index (χ0n) is 26.9. The molecule has 1 N–H and O–H groups in total. The number of carbonyl (C=O) groups excluding carboxylic acids is 2. The molecule has 0 aliphatic carbocycles. The van der Waals surface area contributed by atoms with E-state index in [2.05, 4.69) is 5.32 Å². The lowest BCUT2D eigenvalue weighted by molar-refractivity contribution is -0.140. The third-order valence-corrected chi connectivity index (χ3v) is 9.59. The van der Waals surface area contributed by atoms with E-state index in [1.54, 1.807) is 36.4 Å². The van der Waals surface area contributed by atoms with E-state index >= 15 is 0 Å². The van der Waals surface area contributed by atoms with Crippen molar-refractivity contribution >= 4 is 27.5 Å². The maximum atomic E-state index is 14.6. The van der Waals surface area contributed by atoms with Gasteiger partial charge in [0, 0.05) is 19.0 Å². The van der Waals surface area contributed by atoms with Crippen molar-refractivity contribution in [1.29, 1.82) is 0 Å². The Morgan fingerprint density at radius 1 is 0.733 bits per heavy atom. The third kappa shape index (κ3) is 8.60. The smallest absolute Gasteiger partial charge is 0.264 e. The maximum absolute atomic E-state index is 14.6. The van der Waals surface area contributed by atoms with Crippen molar-refractivity contribution < 1.29 is 18.0 Å². The average molecular weight is 626 g/mol. The summed E-state index contributed by atoms with van der Waals surface area (Å²) < 4.78 is 29.6. The Morgan fingerprint density at radius 3 is 2.02 bits per heavy atom. The number of aryl methyl sites for hydroxylation is 4. The fraction of sp³-hybridized carbons (Fsp3) is 0.297. The quantitative estimate of drug-likeness (QED) is 0.201. The number of benzene rings is 4. The minimum absolute atomic E-state index is 0.0859. The van der Waals surface area contributed by atoms with Gasteiger partial charge in [-0.25, -0.2) is 8.42 Å². The van der Waals surface area contributed by atoms with Crippen molar-refractivity contribution in [3.63, 3.8) is 0 Å². The van der Waals surface area contributed by atoms with Crippen LogP contribution in [-0.2, 0) is 32.6 Å². The number of nitrogens with zero attached hydrogens (tertiary/aromatic N) is 2. The topological polar surface area (TPSA) is 86.8 Å². The van der Waals surface area contributed by atoms with E-state index in [0.717, 1.165) is 37.7 Å². The molecule has 8 heteroatoms. The number of sulfonamides is 1. The summed E-state index contributed by atoms with van der Waals surface area (Å²) in [6, 6.07) is 28.2. The molecule has 4 aromatic carbocycles. The van der Waals surface area contributed by atoms with E-state index in [4.69, 9.17) is 0 Å². The van der Waals surface area contributed by atoms with E-state index in [1.165, 1.54) is 4.90 Å². The van der Waals surface area contributed by atoms with Crippen LogP contribution in [0.4, 0.5) is 5.69 Å². The third-order valence-electron chi connectivity index (χ3n) is 7.80. The van der Waals surface area contributed by atoms with Gasteiger partial charge in [0.1, 0.15) is 12.6 Å². The molecule has 0 heterocycles. The van der Waals surface area contributed by atoms with Crippen molar-refractivity contribution in [3.8, 4) is 0 Å². The summed E-state index contributed by atoms with van der Waals surface area (Å²) in [7, 11) is -4.15. The Kier molecular flexibility index (Phi) is 10.8. The van der Waals surface area contributed by atoms with Crippen LogP contribution in [-0.4, -0.2) is 43.8 Å². The second-order valence-electron chi connectivity index (χ2n) is 12.0. The van der Waals surface area contributed by atoms with Crippen LogP contribution in [0.1, 0.15) is 47.2 Å². The van der Waals surface area contributed by atoms with Crippen LogP contribution < -0.4 is 9.62 Å². The van der Waals surface area contributed by atoms with Gasteiger partial charge in [-0.15, -0.1) is 0 Å². The number of hydrogen-bond acceptors (Lipinski definition) is 4. The number of hydrogen-bond donors (Lipinski definition) is 1. The first-order valence-electron chi connectivity index (χ1n) is 15.2. The van der Waals surface area contributed by atoms with Gasteiger partial charge in [-0.05, 0) is 88.1 Å². The van der Waals surface area contributed by atoms with Gasteiger partial charge >= 0.3 is 0 Å². The highest BCUT2D eigenvalue weighted by molar-refractivity contribution is 7.92. The first-order chi connectivity index (χ1) is 21.3. The Bertz CT molecular complexity index is 1740. The molecular weight excluding hydrogens is 582 g/mol. The highest BCUT2D eigenvalue weighted by atomic mass is 32.2. The summed E-state index contributed by atoms with van der Waals surface area (Å²) in [6.07, 6.45) is 0.269. The molecule has 4 aromatic rings. The summed E-state index contributed by atoms with van der Waals surface area (Å²) in [5.41, 5.74) is 5.97. The summed E-state index contributed by atoms with van der Waals surface area (Å²) in [6.45, 7) is 11.1.